The Morgan fingerprint density at radius 2 is 1.65 bits per heavy atom. The molecule has 43 heavy (non-hydrogen) atoms. The first-order valence-corrected chi connectivity index (χ1v) is 15.5. The van der Waals surface area contributed by atoms with Gasteiger partial charge in [0, 0.05) is 58.9 Å². The first-order valence-electron chi connectivity index (χ1n) is 14.6. The third kappa shape index (κ3) is 9.28. The average Bonchev–Trinajstić information content (AvgIpc) is 3.14. The van der Waals surface area contributed by atoms with Crippen LogP contribution >= 0.6 is 24.8 Å². The van der Waals surface area contributed by atoms with Gasteiger partial charge in [-0.05, 0) is 70.7 Å². The number of anilines is 1. The fraction of sp³-hybridized carbons (Fsp3) is 0.655. The van der Waals surface area contributed by atoms with Crippen LogP contribution in [0.15, 0.2) is 18.2 Å². The van der Waals surface area contributed by atoms with Crippen molar-refractivity contribution in [1.82, 2.24) is 24.9 Å². The van der Waals surface area contributed by atoms with E-state index >= 15 is 0 Å². The van der Waals surface area contributed by atoms with Gasteiger partial charge in [-0.3, -0.25) is 14.5 Å². The molecule has 14 heteroatoms. The number of nitrogens with one attached hydrogen (secondary N) is 1. The number of halogens is 3. The topological polar surface area (TPSA) is 86.2 Å². The van der Waals surface area contributed by atoms with Crippen molar-refractivity contribution < 1.29 is 22.8 Å². The lowest BCUT2D eigenvalue weighted by Gasteiger charge is -2.32. The molecule has 0 bridgehead atoms. The molecular weight excluding hydrogens is 599 g/mol. The van der Waals surface area contributed by atoms with Crippen LogP contribution in [0.5, 0.6) is 0 Å². The largest absolute Gasteiger partial charge is 0.417 e. The highest BCUT2D eigenvalue weighted by Gasteiger charge is 2.49. The van der Waals surface area contributed by atoms with Crippen molar-refractivity contribution in [2.45, 2.75) is 51.2 Å². The molecule has 3 fully saturated rings. The minimum atomic E-state index is -4.70. The number of amides is 2. The van der Waals surface area contributed by atoms with Crippen molar-refractivity contribution in [3.05, 3.63) is 29.3 Å². The quantitative estimate of drug-likeness (QED) is 0.250. The molecule has 3 heterocycles. The Morgan fingerprint density at radius 3 is 2.19 bits per heavy atom. The minimum Gasteiger partial charge on any atom is -0.334 e. The van der Waals surface area contributed by atoms with E-state index in [0.29, 0.717) is 6.54 Å². The summed E-state index contributed by atoms with van der Waals surface area (Å²) < 4.78 is 40.3. The average molecular weight is 642 g/mol. The van der Waals surface area contributed by atoms with E-state index in [-0.39, 0.29) is 21.9 Å². The van der Waals surface area contributed by atoms with Gasteiger partial charge in [0.1, 0.15) is 5.54 Å². The Hall–Kier alpha value is -2.44. The molecule has 3 aliphatic heterocycles. The zero-order valence-electron chi connectivity index (χ0n) is 25.1. The smallest absolute Gasteiger partial charge is 0.334 e. The first-order chi connectivity index (χ1) is 20.3. The maximum absolute atomic E-state index is 13.4. The predicted molar refractivity (Wildman–Crippen MR) is 168 cm³/mol. The van der Waals surface area contributed by atoms with Crippen LogP contribution in [0.25, 0.3) is 0 Å². The Bertz CT molecular complexity index is 1180. The number of hydrogen-bond donors (Lipinski definition) is 2. The molecule has 3 aliphatic rings. The number of nitriles is 1. The van der Waals surface area contributed by atoms with E-state index in [4.69, 9.17) is 17.5 Å². The number of unbranched alkanes of at least 4 members (excludes halogenated alkanes) is 3. The van der Waals surface area contributed by atoms with E-state index in [2.05, 4.69) is 34.8 Å². The molecule has 0 saturated carbocycles. The number of piperazine rings is 2. The van der Waals surface area contributed by atoms with E-state index in [1.807, 2.05) is 0 Å². The van der Waals surface area contributed by atoms with Crippen LogP contribution in [0.3, 0.4) is 0 Å². The Morgan fingerprint density at radius 1 is 1.05 bits per heavy atom. The third-order valence-corrected chi connectivity index (χ3v) is 8.79. The second-order valence-electron chi connectivity index (χ2n) is 11.6. The van der Waals surface area contributed by atoms with Crippen LogP contribution in [0, 0.1) is 11.3 Å². The first kappa shape index (κ1) is 35.0. The van der Waals surface area contributed by atoms with Gasteiger partial charge in [0.05, 0.1) is 22.9 Å². The molecule has 0 radical (unpaired) electrons. The molecule has 0 spiro atoms. The lowest BCUT2D eigenvalue weighted by atomic mass is 10.0. The van der Waals surface area contributed by atoms with E-state index in [1.165, 1.54) is 11.0 Å². The maximum Gasteiger partial charge on any atom is 0.417 e. The lowest BCUT2D eigenvalue weighted by molar-refractivity contribution is -0.137. The standard InChI is InChI=1S/C24H32F3N5OS.C5H10N2OS/c1-23(2)21(33)32(19-9-8-18(17-28)20(16-19)24(25,26)27)22(34)31(23)11-7-5-4-6-10-30-14-12-29(3)13-15-30;8-5(9)7-3-1-6-2-4-7/h8-9,16H,4-7,10-15H2,1-3H3;6H,1-4H2,(H,8,9). The monoisotopic (exact) mass is 641 g/mol. The van der Waals surface area contributed by atoms with E-state index < -0.39 is 22.8 Å². The SMILES string of the molecule is CN1CCN(CCCCCCN2C(=S)N(c3ccc(C#N)c(C(F)(F)F)c3)C(=O)C2(C)C)CC1.O=C(S)N1CCNCC1. The summed E-state index contributed by atoms with van der Waals surface area (Å²) in [5, 5.41) is 12.3. The minimum absolute atomic E-state index is 0.0316. The molecule has 4 rings (SSSR count). The summed E-state index contributed by atoms with van der Waals surface area (Å²) in [6.45, 7) is 12.9. The molecule has 0 aliphatic carbocycles. The number of thiocarbonyl (C=S) groups is 1. The zero-order valence-corrected chi connectivity index (χ0v) is 26.8. The van der Waals surface area contributed by atoms with Gasteiger partial charge < -0.3 is 24.9 Å². The Balaban J connectivity index is 0.000000480. The molecule has 0 atom stereocenters. The van der Waals surface area contributed by atoms with E-state index in [1.54, 1.807) is 29.7 Å². The van der Waals surface area contributed by atoms with Crippen molar-refractivity contribution in [3.8, 4) is 6.07 Å². The van der Waals surface area contributed by atoms with Crippen molar-refractivity contribution in [1.29, 1.82) is 5.26 Å². The zero-order chi connectivity index (χ0) is 31.8. The molecular formula is C29H42F3N7O2S2. The molecule has 1 N–H and O–H groups in total. The second kappa shape index (κ2) is 15.5. The Kier molecular flexibility index (Phi) is 12.6. The number of carbonyl (C=O) groups excluding carboxylic acids is 2. The Labute approximate surface area is 263 Å². The fourth-order valence-corrected chi connectivity index (χ4v) is 6.04. The summed E-state index contributed by atoms with van der Waals surface area (Å²) >= 11 is 9.24. The number of hydrogen-bond acceptors (Lipinski definition) is 7. The van der Waals surface area contributed by atoms with Crippen molar-refractivity contribution >= 4 is 46.8 Å². The third-order valence-electron chi connectivity index (χ3n) is 8.10. The van der Waals surface area contributed by atoms with Gasteiger partial charge in [0.2, 0.25) is 0 Å². The number of rotatable bonds is 8. The number of nitrogens with zero attached hydrogens (tertiary/aromatic N) is 6. The summed E-state index contributed by atoms with van der Waals surface area (Å²) in [6.07, 6.45) is -0.671. The van der Waals surface area contributed by atoms with Crippen LogP contribution in [0.2, 0.25) is 0 Å². The van der Waals surface area contributed by atoms with Crippen LogP contribution in [0.4, 0.5) is 23.7 Å². The molecule has 1 aromatic rings. The number of alkyl halides is 3. The molecule has 9 nitrogen and oxygen atoms in total. The highest BCUT2D eigenvalue weighted by atomic mass is 32.1. The summed E-state index contributed by atoms with van der Waals surface area (Å²) in [6, 6.07) is 4.83. The highest BCUT2D eigenvalue weighted by Crippen LogP contribution is 2.38. The van der Waals surface area contributed by atoms with Crippen LogP contribution in [-0.2, 0) is 11.0 Å². The van der Waals surface area contributed by atoms with Crippen LogP contribution in [0.1, 0.15) is 50.7 Å². The second-order valence-corrected chi connectivity index (χ2v) is 12.3. The summed E-state index contributed by atoms with van der Waals surface area (Å²) in [7, 11) is 2.14. The predicted octanol–water partition coefficient (Wildman–Crippen LogP) is 4.04. The normalized spacial score (nSPS) is 19.7. The van der Waals surface area contributed by atoms with E-state index in [9.17, 15) is 22.8 Å². The van der Waals surface area contributed by atoms with Gasteiger partial charge in [0.15, 0.2) is 5.11 Å². The van der Waals surface area contributed by atoms with Gasteiger partial charge in [-0.15, -0.1) is 0 Å². The lowest BCUT2D eigenvalue weighted by Crippen LogP contribution is -2.44. The van der Waals surface area contributed by atoms with Crippen molar-refractivity contribution in [2.24, 2.45) is 0 Å². The summed E-state index contributed by atoms with van der Waals surface area (Å²) in [5.74, 6) is -0.370. The summed E-state index contributed by atoms with van der Waals surface area (Å²) in [5.41, 5.74) is -2.48. The van der Waals surface area contributed by atoms with Gasteiger partial charge in [-0.25, -0.2) is 0 Å². The van der Waals surface area contributed by atoms with Crippen molar-refractivity contribution in [3.63, 3.8) is 0 Å². The molecule has 1 aromatic carbocycles. The molecule has 0 aromatic heterocycles. The number of carbonyl (C=O) groups is 2. The highest BCUT2D eigenvalue weighted by molar-refractivity contribution is 7.96. The fourth-order valence-electron chi connectivity index (χ4n) is 5.33. The van der Waals surface area contributed by atoms with Gasteiger partial charge in [-0.2, -0.15) is 18.4 Å². The van der Waals surface area contributed by atoms with Gasteiger partial charge >= 0.3 is 6.18 Å². The molecule has 2 amide bonds. The van der Waals surface area contributed by atoms with Crippen molar-refractivity contribution in [2.75, 3.05) is 77.4 Å². The number of likely N-dealkylation sites (N-methyl/N-ethyl adjacent to an activating group) is 1. The number of benzene rings is 1. The summed E-state index contributed by atoms with van der Waals surface area (Å²) in [4.78, 5) is 33.2. The van der Waals surface area contributed by atoms with Crippen LogP contribution in [-0.4, -0.2) is 114 Å². The molecule has 0 unspecified atom stereocenters. The van der Waals surface area contributed by atoms with E-state index in [0.717, 1.165) is 96.7 Å². The van der Waals surface area contributed by atoms with Gasteiger partial charge in [-0.1, -0.05) is 25.5 Å². The number of thiol groups is 1. The molecule has 238 valence electrons. The van der Waals surface area contributed by atoms with Gasteiger partial charge in [0.25, 0.3) is 11.1 Å². The maximum atomic E-state index is 13.4. The molecule has 3 saturated heterocycles. The van der Waals surface area contributed by atoms with Crippen LogP contribution < -0.4 is 10.2 Å².